The maximum Gasteiger partial charge on any atom is 0.272 e. The van der Waals surface area contributed by atoms with Gasteiger partial charge >= 0.3 is 0 Å². The summed E-state index contributed by atoms with van der Waals surface area (Å²) in [5, 5.41) is 10.9. The van der Waals surface area contributed by atoms with Crippen LogP contribution in [0.15, 0.2) is 24.3 Å². The number of nitrogens with one attached hydrogen (secondary N) is 2. The molecule has 4 rings (SSSR count). The Morgan fingerprint density at radius 2 is 2.00 bits per heavy atom. The van der Waals surface area contributed by atoms with Crippen LogP contribution in [0.25, 0.3) is 0 Å². The lowest BCUT2D eigenvalue weighted by atomic mass is 9.92. The summed E-state index contributed by atoms with van der Waals surface area (Å²) < 4.78 is 5.74. The van der Waals surface area contributed by atoms with E-state index in [4.69, 9.17) is 16.3 Å². The number of amides is 2. The Kier molecular flexibility index (Phi) is 6.51. The SMILES string of the molecule is CCCc1cc(C(=O)NC2[C@@H]3CC[C@H]2CN(C(=O)COc2ccc(Cl)cc2C)C3)n[nH]1. The van der Waals surface area contributed by atoms with Gasteiger partial charge in [-0.05, 0) is 67.9 Å². The highest BCUT2D eigenvalue weighted by Crippen LogP contribution is 2.37. The van der Waals surface area contributed by atoms with Gasteiger partial charge in [0.2, 0.25) is 0 Å². The molecule has 1 saturated carbocycles. The van der Waals surface area contributed by atoms with Crippen molar-refractivity contribution in [3.05, 3.63) is 46.2 Å². The minimum atomic E-state index is -0.137. The standard InChI is InChI=1S/C23H29ClN4O3/c1-3-4-18-10-19(27-26-18)23(30)25-22-15-5-6-16(22)12-28(11-15)21(29)13-31-20-8-7-17(24)9-14(20)2/h7-10,15-16,22H,3-6,11-13H2,1-2H3,(H,25,30)(H,26,27)/t15-,16+,22?. The van der Waals surface area contributed by atoms with E-state index in [0.717, 1.165) is 36.9 Å². The number of halogens is 1. The molecule has 2 bridgehead atoms. The van der Waals surface area contributed by atoms with Gasteiger partial charge in [0.1, 0.15) is 11.4 Å². The molecule has 2 heterocycles. The highest BCUT2D eigenvalue weighted by atomic mass is 35.5. The van der Waals surface area contributed by atoms with Crippen molar-refractivity contribution in [3.8, 4) is 5.75 Å². The predicted molar refractivity (Wildman–Crippen MR) is 118 cm³/mol. The Bertz CT molecular complexity index is 946. The first kappa shape index (κ1) is 21.7. The van der Waals surface area contributed by atoms with E-state index in [1.165, 1.54) is 0 Å². The van der Waals surface area contributed by atoms with Crippen LogP contribution in [0.1, 0.15) is 47.9 Å². The summed E-state index contributed by atoms with van der Waals surface area (Å²) in [6.07, 6.45) is 3.90. The van der Waals surface area contributed by atoms with Gasteiger partial charge in [-0.1, -0.05) is 24.9 Å². The summed E-state index contributed by atoms with van der Waals surface area (Å²) in [5.74, 6) is 1.04. The first-order valence-electron chi connectivity index (χ1n) is 11.0. The number of benzene rings is 1. The quantitative estimate of drug-likeness (QED) is 0.685. The summed E-state index contributed by atoms with van der Waals surface area (Å²) in [6.45, 7) is 5.29. The second kappa shape index (κ2) is 9.30. The van der Waals surface area contributed by atoms with E-state index < -0.39 is 0 Å². The third-order valence-electron chi connectivity index (χ3n) is 6.36. The van der Waals surface area contributed by atoms with Gasteiger partial charge in [-0.3, -0.25) is 14.7 Å². The van der Waals surface area contributed by atoms with Gasteiger partial charge in [0, 0.05) is 29.8 Å². The molecular formula is C23H29ClN4O3. The molecule has 2 fully saturated rings. The van der Waals surface area contributed by atoms with Crippen LogP contribution in [0.4, 0.5) is 0 Å². The number of hydrogen-bond donors (Lipinski definition) is 2. The lowest BCUT2D eigenvalue weighted by Gasteiger charge is -2.38. The maximum absolute atomic E-state index is 12.8. The molecule has 1 unspecified atom stereocenters. The van der Waals surface area contributed by atoms with Crippen LogP contribution in [0, 0.1) is 18.8 Å². The molecular weight excluding hydrogens is 416 g/mol. The fraction of sp³-hybridized carbons (Fsp3) is 0.522. The fourth-order valence-corrected chi connectivity index (χ4v) is 4.99. The highest BCUT2D eigenvalue weighted by molar-refractivity contribution is 6.30. The van der Waals surface area contributed by atoms with Gasteiger partial charge < -0.3 is 15.0 Å². The van der Waals surface area contributed by atoms with Crippen molar-refractivity contribution in [1.82, 2.24) is 20.4 Å². The number of rotatable bonds is 7. The Labute approximate surface area is 187 Å². The Hall–Kier alpha value is -2.54. The number of ether oxygens (including phenoxy) is 1. The molecule has 1 aliphatic carbocycles. The number of aromatic nitrogens is 2. The van der Waals surface area contributed by atoms with E-state index in [9.17, 15) is 9.59 Å². The van der Waals surface area contributed by atoms with Crippen LogP contribution >= 0.6 is 11.6 Å². The Morgan fingerprint density at radius 3 is 2.68 bits per heavy atom. The number of aryl methyl sites for hydroxylation is 2. The largest absolute Gasteiger partial charge is 0.483 e. The van der Waals surface area contributed by atoms with E-state index in [0.29, 0.717) is 29.6 Å². The van der Waals surface area contributed by atoms with Crippen LogP contribution in [0.2, 0.25) is 5.02 Å². The van der Waals surface area contributed by atoms with Crippen molar-refractivity contribution in [1.29, 1.82) is 0 Å². The zero-order valence-electron chi connectivity index (χ0n) is 18.0. The zero-order valence-corrected chi connectivity index (χ0v) is 18.7. The van der Waals surface area contributed by atoms with Crippen LogP contribution in [0.5, 0.6) is 5.75 Å². The molecule has 8 heteroatoms. The lowest BCUT2D eigenvalue weighted by Crippen LogP contribution is -2.54. The van der Waals surface area contributed by atoms with Crippen LogP contribution < -0.4 is 10.1 Å². The van der Waals surface area contributed by atoms with E-state index in [1.807, 2.05) is 24.0 Å². The molecule has 2 N–H and O–H groups in total. The lowest BCUT2D eigenvalue weighted by molar-refractivity contribution is -0.135. The highest BCUT2D eigenvalue weighted by Gasteiger charge is 2.44. The Balaban J connectivity index is 1.32. The molecule has 166 valence electrons. The third kappa shape index (κ3) is 4.87. The number of fused-ring (bicyclic) bond motifs is 2. The monoisotopic (exact) mass is 444 g/mol. The van der Waals surface area contributed by atoms with E-state index >= 15 is 0 Å². The molecule has 0 radical (unpaired) electrons. The van der Waals surface area contributed by atoms with Gasteiger partial charge in [-0.2, -0.15) is 5.10 Å². The van der Waals surface area contributed by atoms with Crippen molar-refractivity contribution < 1.29 is 14.3 Å². The number of carbonyl (C=O) groups is 2. The smallest absolute Gasteiger partial charge is 0.272 e. The van der Waals surface area contributed by atoms with Crippen LogP contribution in [-0.4, -0.2) is 52.6 Å². The molecule has 1 saturated heterocycles. The minimum Gasteiger partial charge on any atom is -0.483 e. The molecule has 2 aromatic rings. The summed E-state index contributed by atoms with van der Waals surface area (Å²) in [6, 6.07) is 7.28. The van der Waals surface area contributed by atoms with Crippen molar-refractivity contribution in [2.75, 3.05) is 19.7 Å². The summed E-state index contributed by atoms with van der Waals surface area (Å²) in [4.78, 5) is 27.3. The second-order valence-corrected chi connectivity index (χ2v) is 9.06. The molecule has 0 spiro atoms. The molecule has 1 aromatic heterocycles. The average molecular weight is 445 g/mol. The topological polar surface area (TPSA) is 87.3 Å². The molecule has 2 amide bonds. The molecule has 2 aliphatic rings. The minimum absolute atomic E-state index is 0.00636. The fourth-order valence-electron chi connectivity index (χ4n) is 4.77. The van der Waals surface area contributed by atoms with Crippen molar-refractivity contribution in [3.63, 3.8) is 0 Å². The molecule has 1 aliphatic heterocycles. The first-order chi connectivity index (χ1) is 14.9. The third-order valence-corrected chi connectivity index (χ3v) is 6.59. The van der Waals surface area contributed by atoms with Gasteiger partial charge in [-0.25, -0.2) is 0 Å². The number of aromatic amines is 1. The number of likely N-dealkylation sites (tertiary alicyclic amines) is 1. The number of hydrogen-bond acceptors (Lipinski definition) is 4. The maximum atomic E-state index is 12.8. The predicted octanol–water partition coefficient (Wildman–Crippen LogP) is 3.37. The van der Waals surface area contributed by atoms with Gasteiger partial charge in [0.05, 0.1) is 0 Å². The van der Waals surface area contributed by atoms with Crippen LogP contribution in [0.3, 0.4) is 0 Å². The average Bonchev–Trinajstić information content (AvgIpc) is 3.28. The molecule has 1 aromatic carbocycles. The number of nitrogens with zero attached hydrogens (tertiary/aromatic N) is 2. The number of H-pyrrole nitrogens is 1. The van der Waals surface area contributed by atoms with E-state index in [2.05, 4.69) is 22.4 Å². The van der Waals surface area contributed by atoms with Gasteiger partial charge in [0.15, 0.2) is 6.61 Å². The number of carbonyl (C=O) groups excluding carboxylic acids is 2. The molecule has 31 heavy (non-hydrogen) atoms. The van der Waals surface area contributed by atoms with Crippen molar-refractivity contribution in [2.45, 2.75) is 45.6 Å². The van der Waals surface area contributed by atoms with Gasteiger partial charge in [-0.15, -0.1) is 0 Å². The summed E-state index contributed by atoms with van der Waals surface area (Å²) in [5.41, 5.74) is 2.32. The van der Waals surface area contributed by atoms with Crippen molar-refractivity contribution in [2.24, 2.45) is 11.8 Å². The van der Waals surface area contributed by atoms with E-state index in [-0.39, 0.29) is 36.3 Å². The van der Waals surface area contributed by atoms with Gasteiger partial charge in [0.25, 0.3) is 11.8 Å². The first-order valence-corrected chi connectivity index (χ1v) is 11.3. The van der Waals surface area contributed by atoms with Crippen molar-refractivity contribution >= 4 is 23.4 Å². The number of piperidine rings is 1. The molecule has 7 nitrogen and oxygen atoms in total. The van der Waals surface area contributed by atoms with E-state index in [1.54, 1.807) is 12.1 Å². The summed E-state index contributed by atoms with van der Waals surface area (Å²) in [7, 11) is 0. The molecule has 3 atom stereocenters. The zero-order chi connectivity index (χ0) is 22.0. The van der Waals surface area contributed by atoms with Crippen LogP contribution in [-0.2, 0) is 11.2 Å². The second-order valence-electron chi connectivity index (χ2n) is 8.62. The summed E-state index contributed by atoms with van der Waals surface area (Å²) >= 11 is 5.98. The normalized spacial score (nSPS) is 22.4. The Morgan fingerprint density at radius 1 is 1.26 bits per heavy atom.